The van der Waals surface area contributed by atoms with Gasteiger partial charge in [0.2, 0.25) is 0 Å². The van der Waals surface area contributed by atoms with Gasteiger partial charge < -0.3 is 4.90 Å². The summed E-state index contributed by atoms with van der Waals surface area (Å²) in [4.78, 5) is 14.2. The highest BCUT2D eigenvalue weighted by atomic mass is 19.4. The van der Waals surface area contributed by atoms with E-state index in [2.05, 4.69) is 5.10 Å². The van der Waals surface area contributed by atoms with Gasteiger partial charge in [0.15, 0.2) is 5.69 Å². The summed E-state index contributed by atoms with van der Waals surface area (Å²) in [5.74, 6) is -2.25. The molecule has 2 aromatic rings. The second-order valence-electron chi connectivity index (χ2n) is 6.67. The van der Waals surface area contributed by atoms with Crippen LogP contribution in [0.25, 0.3) is 0 Å². The summed E-state index contributed by atoms with van der Waals surface area (Å²) in [5, 5.41) is 5.31. The van der Waals surface area contributed by atoms with Gasteiger partial charge in [-0.05, 0) is 30.5 Å². The van der Waals surface area contributed by atoms with Crippen molar-refractivity contribution >= 4 is 5.91 Å². The number of aromatic nitrogens is 2. The molecule has 1 amide bonds. The van der Waals surface area contributed by atoms with Crippen molar-refractivity contribution in [3.8, 4) is 0 Å². The predicted molar refractivity (Wildman–Crippen MR) is 86.7 cm³/mol. The number of hydrogen-bond acceptors (Lipinski definition) is 2. The van der Waals surface area contributed by atoms with Crippen LogP contribution in [-0.2, 0) is 12.7 Å². The predicted octanol–water partition coefficient (Wildman–Crippen LogP) is 4.68. The Kier molecular flexibility index (Phi) is 5.48. The summed E-state index contributed by atoms with van der Waals surface area (Å²) in [6.45, 7) is -0.105. The van der Waals surface area contributed by atoms with Crippen molar-refractivity contribution in [3.63, 3.8) is 0 Å². The van der Waals surface area contributed by atoms with Gasteiger partial charge in [-0.15, -0.1) is 0 Å². The highest BCUT2D eigenvalue weighted by Crippen LogP contribution is 2.29. The molecule has 1 heterocycles. The van der Waals surface area contributed by atoms with Crippen LogP contribution in [0.5, 0.6) is 0 Å². The minimum absolute atomic E-state index is 0.105. The molecule has 1 N–H and O–H groups in total. The van der Waals surface area contributed by atoms with E-state index in [0.29, 0.717) is 18.9 Å². The van der Waals surface area contributed by atoms with Crippen molar-refractivity contribution in [1.82, 2.24) is 15.1 Å². The first kappa shape index (κ1) is 19.3. The van der Waals surface area contributed by atoms with Crippen molar-refractivity contribution in [2.75, 3.05) is 0 Å². The molecule has 0 bridgehead atoms. The van der Waals surface area contributed by atoms with Crippen LogP contribution in [0.4, 0.5) is 22.0 Å². The van der Waals surface area contributed by atoms with Gasteiger partial charge in [0.1, 0.15) is 17.3 Å². The number of H-pyrrole nitrogens is 1. The molecule has 146 valence electrons. The van der Waals surface area contributed by atoms with E-state index in [1.165, 1.54) is 4.90 Å². The molecule has 3 rings (SSSR count). The van der Waals surface area contributed by atoms with Crippen LogP contribution in [0.2, 0.25) is 0 Å². The minimum Gasteiger partial charge on any atom is -0.330 e. The molecule has 27 heavy (non-hydrogen) atoms. The fraction of sp³-hybridized carbons (Fsp3) is 0.444. The number of carbonyl (C=O) groups excluding carboxylic acids is 1. The average Bonchev–Trinajstić information content (AvgIpc) is 3.09. The molecule has 0 spiro atoms. The Morgan fingerprint density at radius 3 is 2.26 bits per heavy atom. The summed E-state index contributed by atoms with van der Waals surface area (Å²) in [7, 11) is 0. The second kappa shape index (κ2) is 7.66. The maximum atomic E-state index is 13.5. The third-order valence-electron chi connectivity index (χ3n) is 4.65. The summed E-state index contributed by atoms with van der Waals surface area (Å²) >= 11 is 0. The van der Waals surface area contributed by atoms with E-state index in [1.807, 2.05) is 5.10 Å². The van der Waals surface area contributed by atoms with E-state index in [4.69, 9.17) is 0 Å². The third kappa shape index (κ3) is 4.64. The lowest BCUT2D eigenvalue weighted by Gasteiger charge is -2.34. The lowest BCUT2D eigenvalue weighted by atomic mass is 9.93. The Hall–Kier alpha value is -2.45. The highest BCUT2D eigenvalue weighted by molar-refractivity contribution is 5.92. The van der Waals surface area contributed by atoms with E-state index < -0.39 is 29.4 Å². The van der Waals surface area contributed by atoms with E-state index >= 15 is 0 Å². The fourth-order valence-electron chi connectivity index (χ4n) is 3.38. The van der Waals surface area contributed by atoms with Gasteiger partial charge in [-0.1, -0.05) is 19.3 Å². The molecule has 1 aromatic carbocycles. The fourth-order valence-corrected chi connectivity index (χ4v) is 3.38. The third-order valence-corrected chi connectivity index (χ3v) is 4.65. The van der Waals surface area contributed by atoms with E-state index in [1.54, 1.807) is 0 Å². The van der Waals surface area contributed by atoms with Crippen molar-refractivity contribution in [1.29, 1.82) is 0 Å². The molecule has 9 heteroatoms. The molecule has 1 aliphatic carbocycles. The van der Waals surface area contributed by atoms with Crippen LogP contribution in [0.15, 0.2) is 24.3 Å². The summed E-state index contributed by atoms with van der Waals surface area (Å²) in [5.41, 5.74) is -1.26. The second-order valence-corrected chi connectivity index (χ2v) is 6.67. The Morgan fingerprint density at radius 1 is 1.07 bits per heavy atom. The summed E-state index contributed by atoms with van der Waals surface area (Å²) in [6, 6.07) is 3.38. The molecule has 0 unspecified atom stereocenters. The maximum absolute atomic E-state index is 13.5. The number of rotatable bonds is 4. The van der Waals surface area contributed by atoms with Crippen LogP contribution in [0.1, 0.15) is 53.8 Å². The van der Waals surface area contributed by atoms with E-state index in [-0.39, 0.29) is 23.8 Å². The molecule has 0 aliphatic heterocycles. The number of nitrogens with zero attached hydrogens (tertiary/aromatic N) is 2. The SMILES string of the molecule is O=C(c1cc(C(F)(F)F)[nH]n1)N(Cc1cc(F)cc(F)c1)C1CCCCC1. The van der Waals surface area contributed by atoms with Crippen molar-refractivity contribution in [2.24, 2.45) is 0 Å². The number of halogens is 5. The standard InChI is InChI=1S/C18H18F5N3O/c19-12-6-11(7-13(20)8-12)10-26(14-4-2-1-3-5-14)17(27)15-9-16(25-24-15)18(21,22)23/h6-9,14H,1-5,10H2,(H,24,25). The van der Waals surface area contributed by atoms with Crippen molar-refractivity contribution in [3.05, 3.63) is 52.9 Å². The van der Waals surface area contributed by atoms with Crippen molar-refractivity contribution < 1.29 is 26.7 Å². The lowest BCUT2D eigenvalue weighted by molar-refractivity contribution is -0.141. The molecule has 1 aliphatic rings. The first-order valence-electron chi connectivity index (χ1n) is 8.62. The Labute approximate surface area is 152 Å². The number of amides is 1. The van der Waals surface area contributed by atoms with Crippen molar-refractivity contribution in [2.45, 2.75) is 50.9 Å². The number of aromatic amines is 1. The van der Waals surface area contributed by atoms with Gasteiger partial charge in [0.25, 0.3) is 5.91 Å². The monoisotopic (exact) mass is 387 g/mol. The first-order chi connectivity index (χ1) is 12.7. The van der Waals surface area contributed by atoms with Gasteiger partial charge in [-0.2, -0.15) is 18.3 Å². The molecular weight excluding hydrogens is 369 g/mol. The quantitative estimate of drug-likeness (QED) is 0.775. The van der Waals surface area contributed by atoms with Crippen LogP contribution >= 0.6 is 0 Å². The normalized spacial score (nSPS) is 15.7. The Balaban J connectivity index is 1.89. The Bertz CT molecular complexity index is 791. The molecular formula is C18H18F5N3O. The zero-order valence-corrected chi connectivity index (χ0v) is 14.3. The smallest absolute Gasteiger partial charge is 0.330 e. The minimum atomic E-state index is -4.65. The van der Waals surface area contributed by atoms with E-state index in [0.717, 1.165) is 37.5 Å². The topological polar surface area (TPSA) is 49.0 Å². The number of nitrogens with one attached hydrogen (secondary N) is 1. The number of benzene rings is 1. The molecule has 0 atom stereocenters. The van der Waals surface area contributed by atoms with E-state index in [9.17, 15) is 26.7 Å². The van der Waals surface area contributed by atoms with Crippen LogP contribution in [-0.4, -0.2) is 27.0 Å². The van der Waals surface area contributed by atoms with Gasteiger partial charge in [0, 0.05) is 24.7 Å². The van der Waals surface area contributed by atoms with Crippen LogP contribution in [0.3, 0.4) is 0 Å². The van der Waals surface area contributed by atoms with Crippen LogP contribution in [0, 0.1) is 11.6 Å². The largest absolute Gasteiger partial charge is 0.432 e. The molecule has 0 radical (unpaired) electrons. The molecule has 1 saturated carbocycles. The van der Waals surface area contributed by atoms with Gasteiger partial charge in [-0.25, -0.2) is 8.78 Å². The average molecular weight is 387 g/mol. The number of hydrogen-bond donors (Lipinski definition) is 1. The zero-order chi connectivity index (χ0) is 19.6. The summed E-state index contributed by atoms with van der Waals surface area (Å²) < 4.78 is 65.3. The molecule has 1 fully saturated rings. The van der Waals surface area contributed by atoms with Gasteiger partial charge >= 0.3 is 6.18 Å². The number of carbonyl (C=O) groups is 1. The van der Waals surface area contributed by atoms with Gasteiger partial charge in [-0.3, -0.25) is 9.89 Å². The highest BCUT2D eigenvalue weighted by Gasteiger charge is 2.35. The molecule has 4 nitrogen and oxygen atoms in total. The van der Waals surface area contributed by atoms with Gasteiger partial charge in [0.05, 0.1) is 0 Å². The maximum Gasteiger partial charge on any atom is 0.432 e. The van der Waals surface area contributed by atoms with Crippen LogP contribution < -0.4 is 0 Å². The lowest BCUT2D eigenvalue weighted by Crippen LogP contribution is -2.41. The zero-order valence-electron chi connectivity index (χ0n) is 14.3. The summed E-state index contributed by atoms with van der Waals surface area (Å²) in [6.07, 6.45) is -0.526. The Morgan fingerprint density at radius 2 is 1.70 bits per heavy atom. The number of alkyl halides is 3. The molecule has 0 saturated heterocycles. The molecule has 1 aromatic heterocycles. The first-order valence-corrected chi connectivity index (χ1v) is 8.62.